The zero-order valence-electron chi connectivity index (χ0n) is 11.7. The number of rotatable bonds is 7. The minimum atomic E-state index is -0.238. The lowest BCUT2D eigenvalue weighted by atomic mass is 10.1. The molecule has 0 unspecified atom stereocenters. The molecule has 0 N–H and O–H groups in total. The molecule has 0 aliphatic heterocycles. The number of nitrogens with zero attached hydrogens (tertiary/aromatic N) is 1. The molecule has 0 bridgehead atoms. The quantitative estimate of drug-likeness (QED) is 0.643. The van der Waals surface area contributed by atoms with E-state index in [-0.39, 0.29) is 24.2 Å². The highest BCUT2D eigenvalue weighted by Gasteiger charge is 2.19. The molecule has 100 valence electrons. The van der Waals surface area contributed by atoms with Gasteiger partial charge >= 0.3 is 5.97 Å². The number of ether oxygens (including phenoxy) is 1. The van der Waals surface area contributed by atoms with Crippen LogP contribution in [0.25, 0.3) is 0 Å². The second kappa shape index (κ2) is 8.09. The fraction of sp³-hybridized carbons (Fsp3) is 0.846. The first-order valence-corrected chi connectivity index (χ1v) is 6.32. The van der Waals surface area contributed by atoms with Gasteiger partial charge in [-0.25, -0.2) is 0 Å². The van der Waals surface area contributed by atoms with Crippen molar-refractivity contribution in [2.24, 2.45) is 11.8 Å². The normalized spacial score (nSPS) is 10.8. The van der Waals surface area contributed by atoms with Crippen molar-refractivity contribution in [1.82, 2.24) is 4.90 Å². The van der Waals surface area contributed by atoms with Gasteiger partial charge in [-0.3, -0.25) is 9.59 Å². The average Bonchev–Trinajstić information content (AvgIpc) is 2.23. The molecule has 0 aliphatic carbocycles. The number of hydrogen-bond acceptors (Lipinski definition) is 3. The zero-order chi connectivity index (χ0) is 13.4. The van der Waals surface area contributed by atoms with Gasteiger partial charge < -0.3 is 9.64 Å². The highest BCUT2D eigenvalue weighted by atomic mass is 16.5. The van der Waals surface area contributed by atoms with Gasteiger partial charge in [0.15, 0.2) is 0 Å². The van der Waals surface area contributed by atoms with E-state index >= 15 is 0 Å². The summed E-state index contributed by atoms with van der Waals surface area (Å²) in [5, 5.41) is 0. The molecule has 0 heterocycles. The zero-order valence-corrected chi connectivity index (χ0v) is 11.7. The third kappa shape index (κ3) is 6.97. The molecule has 4 nitrogen and oxygen atoms in total. The Balaban J connectivity index is 4.29. The van der Waals surface area contributed by atoms with Crippen LogP contribution in [-0.4, -0.2) is 36.5 Å². The molecular formula is C13H25NO3. The molecule has 0 fully saturated rings. The topological polar surface area (TPSA) is 46.6 Å². The van der Waals surface area contributed by atoms with E-state index in [1.807, 2.05) is 13.8 Å². The Morgan fingerprint density at radius 2 is 1.76 bits per heavy atom. The van der Waals surface area contributed by atoms with Crippen molar-refractivity contribution in [1.29, 1.82) is 0 Å². The molecule has 0 atom stereocenters. The van der Waals surface area contributed by atoms with Crippen LogP contribution in [0.1, 0.15) is 41.0 Å². The Bertz CT molecular complexity index is 249. The molecule has 0 saturated carbocycles. The maximum absolute atomic E-state index is 11.9. The standard InChI is InChI=1S/C13H25NO3/c1-6-17-12(15)7-8-14(9-10(2)3)13(16)11(4)5/h10-11H,6-9H2,1-5H3. The van der Waals surface area contributed by atoms with E-state index < -0.39 is 0 Å². The van der Waals surface area contributed by atoms with Gasteiger partial charge in [-0.05, 0) is 12.8 Å². The number of hydrogen-bond donors (Lipinski definition) is 0. The molecule has 0 aromatic carbocycles. The fourth-order valence-electron chi connectivity index (χ4n) is 1.56. The van der Waals surface area contributed by atoms with Gasteiger partial charge in [0, 0.05) is 19.0 Å². The number of carbonyl (C=O) groups is 2. The van der Waals surface area contributed by atoms with E-state index in [4.69, 9.17) is 4.74 Å². The molecule has 0 saturated heterocycles. The van der Waals surface area contributed by atoms with Gasteiger partial charge in [-0.2, -0.15) is 0 Å². The van der Waals surface area contributed by atoms with Gasteiger partial charge in [0.25, 0.3) is 0 Å². The summed E-state index contributed by atoms with van der Waals surface area (Å²) in [5.41, 5.74) is 0. The molecule has 0 radical (unpaired) electrons. The van der Waals surface area contributed by atoms with Crippen molar-refractivity contribution in [3.8, 4) is 0 Å². The average molecular weight is 243 g/mol. The number of esters is 1. The summed E-state index contributed by atoms with van der Waals surface area (Å²) in [6.45, 7) is 11.2. The largest absolute Gasteiger partial charge is 0.466 e. The monoisotopic (exact) mass is 243 g/mol. The lowest BCUT2D eigenvalue weighted by molar-refractivity contribution is -0.144. The number of amides is 1. The van der Waals surface area contributed by atoms with E-state index in [2.05, 4.69) is 13.8 Å². The molecule has 0 aromatic rings. The molecule has 0 aromatic heterocycles. The van der Waals surface area contributed by atoms with Crippen LogP contribution in [0, 0.1) is 11.8 Å². The lowest BCUT2D eigenvalue weighted by Crippen LogP contribution is -2.38. The first-order valence-electron chi connectivity index (χ1n) is 6.32. The van der Waals surface area contributed by atoms with Gasteiger partial charge in [0.05, 0.1) is 13.0 Å². The second-order valence-electron chi connectivity index (χ2n) is 4.89. The summed E-state index contributed by atoms with van der Waals surface area (Å²) in [4.78, 5) is 24.9. The molecule has 0 rings (SSSR count). The maximum Gasteiger partial charge on any atom is 0.307 e. The van der Waals surface area contributed by atoms with Crippen LogP contribution in [-0.2, 0) is 14.3 Å². The van der Waals surface area contributed by atoms with Crippen molar-refractivity contribution in [3.05, 3.63) is 0 Å². The van der Waals surface area contributed by atoms with Crippen LogP contribution >= 0.6 is 0 Å². The van der Waals surface area contributed by atoms with Gasteiger partial charge in [-0.1, -0.05) is 27.7 Å². The molecule has 4 heteroatoms. The smallest absolute Gasteiger partial charge is 0.307 e. The highest BCUT2D eigenvalue weighted by molar-refractivity contribution is 5.79. The second-order valence-corrected chi connectivity index (χ2v) is 4.89. The molecule has 0 spiro atoms. The maximum atomic E-state index is 11.9. The van der Waals surface area contributed by atoms with Crippen molar-refractivity contribution < 1.29 is 14.3 Å². The summed E-state index contributed by atoms with van der Waals surface area (Å²) < 4.78 is 4.86. The molecule has 0 aliphatic rings. The SMILES string of the molecule is CCOC(=O)CCN(CC(C)C)C(=O)C(C)C. The Labute approximate surface area is 104 Å². The third-order valence-electron chi connectivity index (χ3n) is 2.28. The van der Waals surface area contributed by atoms with Crippen LogP contribution < -0.4 is 0 Å². The van der Waals surface area contributed by atoms with E-state index in [1.54, 1.807) is 11.8 Å². The fourth-order valence-corrected chi connectivity index (χ4v) is 1.56. The van der Waals surface area contributed by atoms with Gasteiger partial charge in [0.2, 0.25) is 5.91 Å². The molecule has 17 heavy (non-hydrogen) atoms. The van der Waals surface area contributed by atoms with Crippen LogP contribution in [0.3, 0.4) is 0 Å². The van der Waals surface area contributed by atoms with E-state index in [0.717, 1.165) is 0 Å². The highest BCUT2D eigenvalue weighted by Crippen LogP contribution is 2.07. The van der Waals surface area contributed by atoms with E-state index in [9.17, 15) is 9.59 Å². The first-order chi connectivity index (χ1) is 7.88. The number of carbonyl (C=O) groups excluding carboxylic acids is 2. The van der Waals surface area contributed by atoms with Crippen LogP contribution in [0.15, 0.2) is 0 Å². The van der Waals surface area contributed by atoms with Crippen LogP contribution in [0.2, 0.25) is 0 Å². The van der Waals surface area contributed by atoms with Gasteiger partial charge in [0.1, 0.15) is 0 Å². The van der Waals surface area contributed by atoms with Crippen molar-refractivity contribution in [2.45, 2.75) is 41.0 Å². The van der Waals surface area contributed by atoms with Crippen molar-refractivity contribution in [2.75, 3.05) is 19.7 Å². The van der Waals surface area contributed by atoms with Crippen molar-refractivity contribution in [3.63, 3.8) is 0 Å². The summed E-state index contributed by atoms with van der Waals surface area (Å²) in [6.07, 6.45) is 0.277. The summed E-state index contributed by atoms with van der Waals surface area (Å²) in [5.74, 6) is 0.233. The first kappa shape index (κ1) is 15.9. The third-order valence-corrected chi connectivity index (χ3v) is 2.28. The summed E-state index contributed by atoms with van der Waals surface area (Å²) >= 11 is 0. The minimum Gasteiger partial charge on any atom is -0.466 e. The Morgan fingerprint density at radius 1 is 1.18 bits per heavy atom. The minimum absolute atomic E-state index is 0.0315. The van der Waals surface area contributed by atoms with Crippen LogP contribution in [0.5, 0.6) is 0 Å². The Morgan fingerprint density at radius 3 is 2.18 bits per heavy atom. The molecular weight excluding hydrogens is 218 g/mol. The van der Waals surface area contributed by atoms with E-state index in [0.29, 0.717) is 25.6 Å². The van der Waals surface area contributed by atoms with Gasteiger partial charge in [-0.15, -0.1) is 0 Å². The molecule has 1 amide bonds. The summed E-state index contributed by atoms with van der Waals surface area (Å²) in [6, 6.07) is 0. The predicted octanol–water partition coefficient (Wildman–Crippen LogP) is 2.08. The van der Waals surface area contributed by atoms with E-state index in [1.165, 1.54) is 0 Å². The lowest BCUT2D eigenvalue weighted by Gasteiger charge is -2.26. The predicted molar refractivity (Wildman–Crippen MR) is 67.5 cm³/mol. The Kier molecular flexibility index (Phi) is 7.59. The van der Waals surface area contributed by atoms with Crippen LogP contribution in [0.4, 0.5) is 0 Å². The Hall–Kier alpha value is -1.06. The summed E-state index contributed by atoms with van der Waals surface area (Å²) in [7, 11) is 0. The van der Waals surface area contributed by atoms with Crippen molar-refractivity contribution >= 4 is 11.9 Å².